The van der Waals surface area contributed by atoms with Crippen LogP contribution in [0.25, 0.3) is 0 Å². The number of nitrogens with one attached hydrogen (secondary N) is 1. The number of ether oxygens (including phenoxy) is 1. The molecule has 0 unspecified atom stereocenters. The number of nitrogens with two attached hydrogens (primary N) is 1. The van der Waals surface area contributed by atoms with E-state index >= 15 is 0 Å². The van der Waals surface area contributed by atoms with Gasteiger partial charge in [0, 0.05) is 31.3 Å². The predicted molar refractivity (Wildman–Crippen MR) is 94.4 cm³/mol. The lowest BCUT2D eigenvalue weighted by Gasteiger charge is -2.20. The standard InChI is InChI=1S/C17H22ClN3O3/c1-3-21(10-12-4-7-24-11-12)6-5-20-17(22)13-8-14(18)15(19)9-16(13)23-2/h4,7-9,11H,3,5-6,10,19H2,1-2H3,(H,20,22). The first kappa shape index (κ1) is 18.2. The van der Waals surface area contributed by atoms with Gasteiger partial charge < -0.3 is 20.2 Å². The molecule has 1 amide bonds. The van der Waals surface area contributed by atoms with Crippen LogP contribution in [0.3, 0.4) is 0 Å². The quantitative estimate of drug-likeness (QED) is 0.715. The highest BCUT2D eigenvalue weighted by Crippen LogP contribution is 2.28. The molecule has 0 saturated carbocycles. The number of furan rings is 1. The van der Waals surface area contributed by atoms with E-state index in [0.717, 1.165) is 25.2 Å². The van der Waals surface area contributed by atoms with E-state index < -0.39 is 0 Å². The number of benzene rings is 1. The summed E-state index contributed by atoms with van der Waals surface area (Å²) < 4.78 is 10.3. The van der Waals surface area contributed by atoms with Crippen LogP contribution in [0.15, 0.2) is 35.1 Å². The highest BCUT2D eigenvalue weighted by atomic mass is 35.5. The first-order valence-corrected chi connectivity index (χ1v) is 8.07. The Morgan fingerprint density at radius 1 is 1.46 bits per heavy atom. The Balaban J connectivity index is 1.92. The number of carbonyl (C=O) groups excluding carboxylic acids is 1. The van der Waals surface area contributed by atoms with E-state index in [0.29, 0.717) is 28.6 Å². The van der Waals surface area contributed by atoms with E-state index in [1.165, 1.54) is 13.2 Å². The normalized spacial score (nSPS) is 10.8. The molecule has 6 nitrogen and oxygen atoms in total. The van der Waals surface area contributed by atoms with Crippen molar-refractivity contribution in [2.24, 2.45) is 0 Å². The molecule has 0 atom stereocenters. The summed E-state index contributed by atoms with van der Waals surface area (Å²) in [6.07, 6.45) is 3.38. The van der Waals surface area contributed by atoms with Gasteiger partial charge >= 0.3 is 0 Å². The molecule has 0 aliphatic carbocycles. The van der Waals surface area contributed by atoms with Crippen LogP contribution in [0.5, 0.6) is 5.75 Å². The molecule has 2 aromatic rings. The maximum absolute atomic E-state index is 12.4. The fourth-order valence-electron chi connectivity index (χ4n) is 2.33. The number of carbonyl (C=O) groups is 1. The van der Waals surface area contributed by atoms with Gasteiger partial charge in [-0.1, -0.05) is 18.5 Å². The second-order valence-corrected chi connectivity index (χ2v) is 5.74. The lowest BCUT2D eigenvalue weighted by molar-refractivity contribution is 0.0945. The molecule has 2 rings (SSSR count). The van der Waals surface area contributed by atoms with Crippen molar-refractivity contribution in [3.63, 3.8) is 0 Å². The third-order valence-corrected chi connectivity index (χ3v) is 4.04. The molecule has 1 aromatic carbocycles. The van der Waals surface area contributed by atoms with Gasteiger partial charge in [0.25, 0.3) is 5.91 Å². The predicted octanol–water partition coefficient (Wildman–Crippen LogP) is 2.78. The fourth-order valence-corrected chi connectivity index (χ4v) is 2.49. The summed E-state index contributed by atoms with van der Waals surface area (Å²) in [5.74, 6) is 0.160. The maximum Gasteiger partial charge on any atom is 0.255 e. The van der Waals surface area contributed by atoms with E-state index in [1.54, 1.807) is 18.6 Å². The van der Waals surface area contributed by atoms with Gasteiger partial charge in [-0.25, -0.2) is 0 Å². The number of methoxy groups -OCH3 is 1. The van der Waals surface area contributed by atoms with Crippen LogP contribution in [-0.4, -0.2) is 37.6 Å². The van der Waals surface area contributed by atoms with Crippen molar-refractivity contribution < 1.29 is 13.9 Å². The van der Waals surface area contributed by atoms with Gasteiger partial charge in [-0.05, 0) is 18.7 Å². The topological polar surface area (TPSA) is 80.7 Å². The Labute approximate surface area is 146 Å². The number of nitrogens with zero attached hydrogens (tertiary/aromatic N) is 1. The zero-order valence-corrected chi connectivity index (χ0v) is 14.6. The maximum atomic E-state index is 12.4. The van der Waals surface area contributed by atoms with Crippen LogP contribution < -0.4 is 15.8 Å². The third kappa shape index (κ3) is 4.66. The van der Waals surface area contributed by atoms with Gasteiger partial charge in [-0.15, -0.1) is 0 Å². The number of hydrogen-bond donors (Lipinski definition) is 2. The third-order valence-electron chi connectivity index (χ3n) is 3.71. The Kier molecular flexibility index (Phi) is 6.52. The van der Waals surface area contributed by atoms with E-state index in [9.17, 15) is 4.79 Å². The van der Waals surface area contributed by atoms with Crippen LogP contribution in [0, 0.1) is 0 Å². The molecule has 24 heavy (non-hydrogen) atoms. The van der Waals surface area contributed by atoms with E-state index in [2.05, 4.69) is 17.1 Å². The van der Waals surface area contributed by atoms with Gasteiger partial charge in [0.15, 0.2) is 0 Å². The Morgan fingerprint density at radius 3 is 2.88 bits per heavy atom. The molecule has 0 aliphatic rings. The molecule has 130 valence electrons. The average Bonchev–Trinajstić information content (AvgIpc) is 3.08. The van der Waals surface area contributed by atoms with E-state index in [4.69, 9.17) is 26.5 Å². The van der Waals surface area contributed by atoms with Crippen molar-refractivity contribution in [2.45, 2.75) is 13.5 Å². The molecular weight excluding hydrogens is 330 g/mol. The number of likely N-dealkylation sites (N-methyl/N-ethyl adjacent to an activating group) is 1. The zero-order chi connectivity index (χ0) is 17.5. The highest BCUT2D eigenvalue weighted by molar-refractivity contribution is 6.33. The van der Waals surface area contributed by atoms with Crippen LogP contribution in [0.2, 0.25) is 5.02 Å². The Bertz CT molecular complexity index is 674. The molecule has 1 heterocycles. The second kappa shape index (κ2) is 8.61. The largest absolute Gasteiger partial charge is 0.496 e. The summed E-state index contributed by atoms with van der Waals surface area (Å²) in [4.78, 5) is 14.6. The fraction of sp³-hybridized carbons (Fsp3) is 0.353. The van der Waals surface area contributed by atoms with Crippen LogP contribution in [0.1, 0.15) is 22.8 Å². The van der Waals surface area contributed by atoms with E-state index in [1.807, 2.05) is 6.07 Å². The van der Waals surface area contributed by atoms with Crippen molar-refractivity contribution in [3.05, 3.63) is 46.9 Å². The first-order valence-electron chi connectivity index (χ1n) is 7.69. The Hall–Kier alpha value is -2.18. The SMILES string of the molecule is CCN(CCNC(=O)c1cc(Cl)c(N)cc1OC)Cc1ccoc1. The number of rotatable bonds is 8. The molecule has 7 heteroatoms. The van der Waals surface area contributed by atoms with Gasteiger partial charge in [0.05, 0.1) is 35.9 Å². The first-order chi connectivity index (χ1) is 11.5. The molecule has 0 spiro atoms. The molecule has 1 aromatic heterocycles. The summed E-state index contributed by atoms with van der Waals surface area (Å²) in [5.41, 5.74) is 7.58. The molecule has 0 fully saturated rings. The van der Waals surface area contributed by atoms with Crippen LogP contribution >= 0.6 is 11.6 Å². The summed E-state index contributed by atoms with van der Waals surface area (Å²) >= 11 is 6.00. The monoisotopic (exact) mass is 351 g/mol. The number of nitrogen functional groups attached to an aromatic ring is 1. The number of anilines is 1. The van der Waals surface area contributed by atoms with Crippen molar-refractivity contribution in [3.8, 4) is 5.75 Å². The highest BCUT2D eigenvalue weighted by Gasteiger charge is 2.15. The van der Waals surface area contributed by atoms with E-state index in [-0.39, 0.29) is 5.91 Å². The molecular formula is C17H22ClN3O3. The molecule has 3 N–H and O–H groups in total. The van der Waals surface area contributed by atoms with Gasteiger partial charge in [-0.3, -0.25) is 9.69 Å². The average molecular weight is 352 g/mol. The van der Waals surface area contributed by atoms with Gasteiger partial charge in [-0.2, -0.15) is 0 Å². The van der Waals surface area contributed by atoms with Crippen LogP contribution in [0.4, 0.5) is 5.69 Å². The number of hydrogen-bond acceptors (Lipinski definition) is 5. The number of amides is 1. The second-order valence-electron chi connectivity index (χ2n) is 5.33. The van der Waals surface area contributed by atoms with Crippen molar-refractivity contribution in [1.29, 1.82) is 0 Å². The molecule has 0 bridgehead atoms. The van der Waals surface area contributed by atoms with Crippen molar-refractivity contribution >= 4 is 23.2 Å². The minimum Gasteiger partial charge on any atom is -0.496 e. The lowest BCUT2D eigenvalue weighted by atomic mass is 10.1. The zero-order valence-electron chi connectivity index (χ0n) is 13.8. The minimum absolute atomic E-state index is 0.242. The summed E-state index contributed by atoms with van der Waals surface area (Å²) in [6, 6.07) is 5.01. The summed E-state index contributed by atoms with van der Waals surface area (Å²) in [5, 5.41) is 3.21. The van der Waals surface area contributed by atoms with Gasteiger partial charge in [0.1, 0.15) is 5.75 Å². The molecule has 0 aliphatic heterocycles. The summed E-state index contributed by atoms with van der Waals surface area (Å²) in [7, 11) is 1.49. The smallest absolute Gasteiger partial charge is 0.255 e. The van der Waals surface area contributed by atoms with Gasteiger partial charge in [0.2, 0.25) is 0 Å². The van der Waals surface area contributed by atoms with Crippen LogP contribution in [-0.2, 0) is 6.54 Å². The number of halogens is 1. The Morgan fingerprint density at radius 2 is 2.25 bits per heavy atom. The van der Waals surface area contributed by atoms with Crippen molar-refractivity contribution in [1.82, 2.24) is 10.2 Å². The molecule has 0 saturated heterocycles. The lowest BCUT2D eigenvalue weighted by Crippen LogP contribution is -2.34. The van der Waals surface area contributed by atoms with Crippen molar-refractivity contribution in [2.75, 3.05) is 32.5 Å². The molecule has 0 radical (unpaired) electrons. The summed E-state index contributed by atoms with van der Waals surface area (Å²) in [6.45, 7) is 4.96. The minimum atomic E-state index is -0.242.